The molecule has 1 heterocycles. The van der Waals surface area contributed by atoms with Crippen molar-refractivity contribution in [2.24, 2.45) is 0 Å². The number of pyridine rings is 1. The monoisotopic (exact) mass is 267 g/mol. The summed E-state index contributed by atoms with van der Waals surface area (Å²) in [5.41, 5.74) is 8.60. The van der Waals surface area contributed by atoms with Gasteiger partial charge in [0.2, 0.25) is 5.91 Å². The van der Waals surface area contributed by atoms with E-state index in [4.69, 9.17) is 5.73 Å². The van der Waals surface area contributed by atoms with Crippen LogP contribution in [-0.2, 0) is 11.2 Å². The van der Waals surface area contributed by atoms with Gasteiger partial charge < -0.3 is 11.1 Å². The van der Waals surface area contributed by atoms with E-state index in [0.717, 1.165) is 24.8 Å². The second kappa shape index (κ2) is 5.33. The highest BCUT2D eigenvalue weighted by atomic mass is 16.1. The fourth-order valence-corrected chi connectivity index (χ4v) is 2.72. The zero-order valence-electron chi connectivity index (χ0n) is 11.2. The quantitative estimate of drug-likeness (QED) is 0.879. The van der Waals surface area contributed by atoms with Crippen LogP contribution in [0.2, 0.25) is 0 Å². The first-order valence-electron chi connectivity index (χ1n) is 6.84. The van der Waals surface area contributed by atoms with Crippen molar-refractivity contribution in [2.45, 2.75) is 25.2 Å². The smallest absolute Gasteiger partial charge is 0.233 e. The van der Waals surface area contributed by atoms with Gasteiger partial charge in [-0.15, -0.1) is 0 Å². The molecule has 0 bridgehead atoms. The number of nitrogen functional groups attached to an aromatic ring is 1. The molecule has 1 aliphatic rings. The number of fused-ring (bicyclic) bond motifs is 1. The highest BCUT2D eigenvalue weighted by Crippen LogP contribution is 2.32. The number of hydrogen-bond acceptors (Lipinski definition) is 3. The van der Waals surface area contributed by atoms with Crippen molar-refractivity contribution in [1.82, 2.24) is 4.98 Å². The number of carbonyl (C=O) groups excluding carboxylic acids is 1. The molecule has 4 heteroatoms. The molecule has 1 atom stereocenters. The maximum Gasteiger partial charge on any atom is 0.233 e. The van der Waals surface area contributed by atoms with Gasteiger partial charge in [0.25, 0.3) is 0 Å². The van der Waals surface area contributed by atoms with E-state index in [1.54, 1.807) is 18.3 Å². The zero-order chi connectivity index (χ0) is 13.9. The van der Waals surface area contributed by atoms with Crippen LogP contribution in [-0.4, -0.2) is 10.9 Å². The molecular formula is C16H17N3O. The Morgan fingerprint density at radius 3 is 2.90 bits per heavy atom. The van der Waals surface area contributed by atoms with Crippen LogP contribution in [0, 0.1) is 0 Å². The molecule has 3 N–H and O–H groups in total. The van der Waals surface area contributed by atoms with Crippen LogP contribution >= 0.6 is 0 Å². The largest absolute Gasteiger partial charge is 0.397 e. The van der Waals surface area contributed by atoms with E-state index in [9.17, 15) is 4.79 Å². The topological polar surface area (TPSA) is 68.0 Å². The lowest BCUT2D eigenvalue weighted by Gasteiger charge is -2.24. The molecule has 1 aromatic carbocycles. The van der Waals surface area contributed by atoms with Gasteiger partial charge in [0, 0.05) is 0 Å². The number of carbonyl (C=O) groups is 1. The predicted octanol–water partition coefficient (Wildman–Crippen LogP) is 2.72. The van der Waals surface area contributed by atoms with Crippen LogP contribution < -0.4 is 11.1 Å². The molecular weight excluding hydrogens is 250 g/mol. The number of nitrogens with two attached hydrogens (primary N) is 1. The summed E-state index contributed by atoms with van der Waals surface area (Å²) in [6.07, 6.45) is 4.53. The standard InChI is InChI=1S/C16H17N3O/c17-12-8-9-15(18-10-12)19-16(20)14-7-3-5-11-4-1-2-6-13(11)14/h1-2,4,6,8-10,14H,3,5,7,17H2,(H,18,19,20). The van der Waals surface area contributed by atoms with Crippen molar-refractivity contribution >= 4 is 17.4 Å². The molecule has 0 fully saturated rings. The second-order valence-electron chi connectivity index (χ2n) is 5.11. The summed E-state index contributed by atoms with van der Waals surface area (Å²) in [7, 11) is 0. The molecule has 1 unspecified atom stereocenters. The van der Waals surface area contributed by atoms with E-state index in [0.29, 0.717) is 11.5 Å². The third-order valence-corrected chi connectivity index (χ3v) is 3.72. The van der Waals surface area contributed by atoms with Gasteiger partial charge in [-0.1, -0.05) is 24.3 Å². The van der Waals surface area contributed by atoms with E-state index in [-0.39, 0.29) is 11.8 Å². The Bertz CT molecular complexity index is 622. The third-order valence-electron chi connectivity index (χ3n) is 3.72. The SMILES string of the molecule is Nc1ccc(NC(=O)C2CCCc3ccccc32)nc1. The summed E-state index contributed by atoms with van der Waals surface area (Å²) in [6, 6.07) is 11.6. The Hall–Kier alpha value is -2.36. The second-order valence-corrected chi connectivity index (χ2v) is 5.11. The van der Waals surface area contributed by atoms with Crippen LogP contribution in [0.5, 0.6) is 0 Å². The molecule has 4 nitrogen and oxygen atoms in total. The summed E-state index contributed by atoms with van der Waals surface area (Å²) in [4.78, 5) is 16.5. The van der Waals surface area contributed by atoms with Gasteiger partial charge in [0.05, 0.1) is 17.8 Å². The van der Waals surface area contributed by atoms with Gasteiger partial charge >= 0.3 is 0 Å². The third kappa shape index (κ3) is 2.50. The number of amides is 1. The van der Waals surface area contributed by atoms with Gasteiger partial charge in [-0.25, -0.2) is 4.98 Å². The van der Waals surface area contributed by atoms with Crippen molar-refractivity contribution in [3.63, 3.8) is 0 Å². The Kier molecular flexibility index (Phi) is 3.37. The fourth-order valence-electron chi connectivity index (χ4n) is 2.72. The lowest BCUT2D eigenvalue weighted by atomic mass is 9.82. The van der Waals surface area contributed by atoms with E-state index in [2.05, 4.69) is 22.4 Å². The number of aryl methyl sites for hydroxylation is 1. The molecule has 0 saturated heterocycles. The average molecular weight is 267 g/mol. The Labute approximate surface area is 118 Å². The van der Waals surface area contributed by atoms with Crippen molar-refractivity contribution in [1.29, 1.82) is 0 Å². The summed E-state index contributed by atoms with van der Waals surface area (Å²) in [5.74, 6) is 0.473. The number of rotatable bonds is 2. The zero-order valence-corrected chi connectivity index (χ0v) is 11.2. The molecule has 3 rings (SSSR count). The van der Waals surface area contributed by atoms with Gasteiger partial charge in [-0.3, -0.25) is 4.79 Å². The van der Waals surface area contributed by atoms with Gasteiger partial charge in [0.15, 0.2) is 0 Å². The first kappa shape index (κ1) is 12.7. The maximum atomic E-state index is 12.4. The highest BCUT2D eigenvalue weighted by Gasteiger charge is 2.26. The summed E-state index contributed by atoms with van der Waals surface area (Å²) in [6.45, 7) is 0. The van der Waals surface area contributed by atoms with E-state index < -0.39 is 0 Å². The fraction of sp³-hybridized carbons (Fsp3) is 0.250. The van der Waals surface area contributed by atoms with Gasteiger partial charge in [0.1, 0.15) is 5.82 Å². The maximum absolute atomic E-state index is 12.4. The minimum Gasteiger partial charge on any atom is -0.397 e. The van der Waals surface area contributed by atoms with E-state index >= 15 is 0 Å². The number of nitrogens with zero attached hydrogens (tertiary/aromatic N) is 1. The first-order chi connectivity index (χ1) is 9.74. The molecule has 0 spiro atoms. The lowest BCUT2D eigenvalue weighted by Crippen LogP contribution is -2.25. The van der Waals surface area contributed by atoms with Crippen LogP contribution in [0.15, 0.2) is 42.6 Å². The van der Waals surface area contributed by atoms with Crippen molar-refractivity contribution in [3.8, 4) is 0 Å². The number of anilines is 2. The normalized spacial score (nSPS) is 17.3. The van der Waals surface area contributed by atoms with E-state index in [1.165, 1.54) is 5.56 Å². The van der Waals surface area contributed by atoms with Gasteiger partial charge in [-0.05, 0) is 42.5 Å². The lowest BCUT2D eigenvalue weighted by molar-refractivity contribution is -0.117. The van der Waals surface area contributed by atoms with Crippen molar-refractivity contribution in [2.75, 3.05) is 11.1 Å². The van der Waals surface area contributed by atoms with Gasteiger partial charge in [-0.2, -0.15) is 0 Å². The molecule has 1 amide bonds. The Morgan fingerprint density at radius 2 is 2.10 bits per heavy atom. The predicted molar refractivity (Wildman–Crippen MR) is 79.4 cm³/mol. The first-order valence-corrected chi connectivity index (χ1v) is 6.84. The molecule has 102 valence electrons. The van der Waals surface area contributed by atoms with Crippen LogP contribution in [0.1, 0.15) is 29.9 Å². The number of hydrogen-bond donors (Lipinski definition) is 2. The molecule has 0 aliphatic heterocycles. The van der Waals surface area contributed by atoms with Crippen LogP contribution in [0.3, 0.4) is 0 Å². The molecule has 1 aromatic heterocycles. The molecule has 20 heavy (non-hydrogen) atoms. The number of benzene rings is 1. The summed E-state index contributed by atoms with van der Waals surface area (Å²) in [5, 5.41) is 2.87. The summed E-state index contributed by atoms with van der Waals surface area (Å²) < 4.78 is 0. The molecule has 0 radical (unpaired) electrons. The van der Waals surface area contributed by atoms with E-state index in [1.807, 2.05) is 12.1 Å². The Morgan fingerprint density at radius 1 is 1.25 bits per heavy atom. The van der Waals surface area contributed by atoms with Crippen LogP contribution in [0.4, 0.5) is 11.5 Å². The molecule has 0 saturated carbocycles. The minimum absolute atomic E-state index is 0.00872. The molecule has 2 aromatic rings. The number of nitrogens with one attached hydrogen (secondary N) is 1. The average Bonchev–Trinajstić information content (AvgIpc) is 2.49. The van der Waals surface area contributed by atoms with Crippen molar-refractivity contribution in [3.05, 3.63) is 53.7 Å². The highest BCUT2D eigenvalue weighted by molar-refractivity contribution is 5.95. The number of aromatic nitrogens is 1. The van der Waals surface area contributed by atoms with Crippen LogP contribution in [0.25, 0.3) is 0 Å². The Balaban J connectivity index is 1.80. The minimum atomic E-state index is -0.0840. The molecule has 1 aliphatic carbocycles. The van der Waals surface area contributed by atoms with Crippen molar-refractivity contribution < 1.29 is 4.79 Å². The summed E-state index contributed by atoms with van der Waals surface area (Å²) >= 11 is 0.